The number of carbonyl (C=O) groups is 1. The van der Waals surface area contributed by atoms with E-state index in [4.69, 9.17) is 9.47 Å². The number of nitrogens with one attached hydrogen (secondary N) is 1. The highest BCUT2D eigenvalue weighted by Crippen LogP contribution is 2.52. The van der Waals surface area contributed by atoms with Crippen LogP contribution < -0.4 is 25.2 Å². The van der Waals surface area contributed by atoms with Gasteiger partial charge in [0.15, 0.2) is 11.5 Å². The summed E-state index contributed by atoms with van der Waals surface area (Å²) in [6.07, 6.45) is 1.88. The Labute approximate surface area is 186 Å². The standard InChI is InChI=1S/C25H24NO5P/c1-4-11-19-22-20(16-21(30-3)23(19)27)31-24(28)25(22,2)26-32(29,17-12-7-5-8-13-17)18-14-9-6-10-15-18/h4-10,12-16,27H,1,11H2,2-3H3,(H,26,29). The van der Waals surface area contributed by atoms with E-state index < -0.39 is 18.8 Å². The summed E-state index contributed by atoms with van der Waals surface area (Å²) >= 11 is 0. The maximum atomic E-state index is 14.6. The third kappa shape index (κ3) is 3.42. The van der Waals surface area contributed by atoms with E-state index in [0.29, 0.717) is 21.7 Å². The first-order valence-corrected chi connectivity index (χ1v) is 11.8. The number of methoxy groups -OCH3 is 1. The van der Waals surface area contributed by atoms with Gasteiger partial charge in [-0.3, -0.25) is 4.57 Å². The van der Waals surface area contributed by atoms with E-state index in [1.54, 1.807) is 61.5 Å². The molecule has 0 spiro atoms. The predicted molar refractivity (Wildman–Crippen MR) is 124 cm³/mol. The average Bonchev–Trinajstić information content (AvgIpc) is 3.05. The summed E-state index contributed by atoms with van der Waals surface area (Å²) in [4.78, 5) is 13.2. The molecule has 0 bridgehead atoms. The number of rotatable bonds is 7. The van der Waals surface area contributed by atoms with Crippen molar-refractivity contribution >= 4 is 23.9 Å². The second-order valence-corrected chi connectivity index (χ2v) is 10.2. The average molecular weight is 449 g/mol. The van der Waals surface area contributed by atoms with Crippen molar-refractivity contribution in [3.8, 4) is 17.2 Å². The van der Waals surface area contributed by atoms with E-state index in [2.05, 4.69) is 11.7 Å². The number of benzene rings is 3. The van der Waals surface area contributed by atoms with Crippen LogP contribution in [-0.2, 0) is 21.3 Å². The van der Waals surface area contributed by atoms with Crippen LogP contribution in [0.2, 0.25) is 0 Å². The molecule has 1 heterocycles. The van der Waals surface area contributed by atoms with Crippen molar-refractivity contribution in [2.75, 3.05) is 7.11 Å². The van der Waals surface area contributed by atoms with Gasteiger partial charge in [0.2, 0.25) is 7.29 Å². The Bertz CT molecular complexity index is 1180. The highest BCUT2D eigenvalue weighted by Gasteiger charge is 2.52. The number of hydrogen-bond donors (Lipinski definition) is 2. The Morgan fingerprint density at radius 3 is 2.19 bits per heavy atom. The van der Waals surface area contributed by atoms with Crippen LogP contribution in [0.4, 0.5) is 0 Å². The number of phenolic OH excluding ortho intramolecular Hbond substituents is 1. The topological polar surface area (TPSA) is 84.9 Å². The molecule has 3 aromatic carbocycles. The molecule has 6 nitrogen and oxygen atoms in total. The van der Waals surface area contributed by atoms with Gasteiger partial charge in [-0.05, 0) is 37.6 Å². The maximum absolute atomic E-state index is 14.6. The number of ether oxygens (including phenoxy) is 2. The summed E-state index contributed by atoms with van der Waals surface area (Å²) < 4.78 is 25.4. The van der Waals surface area contributed by atoms with Crippen molar-refractivity contribution in [1.29, 1.82) is 0 Å². The monoisotopic (exact) mass is 449 g/mol. The Morgan fingerprint density at radius 2 is 1.69 bits per heavy atom. The van der Waals surface area contributed by atoms with E-state index in [1.165, 1.54) is 13.2 Å². The Balaban J connectivity index is 1.94. The molecule has 1 aliphatic heterocycles. The van der Waals surface area contributed by atoms with E-state index >= 15 is 0 Å². The van der Waals surface area contributed by atoms with Gasteiger partial charge in [0.1, 0.15) is 11.3 Å². The lowest BCUT2D eigenvalue weighted by molar-refractivity contribution is -0.138. The zero-order valence-electron chi connectivity index (χ0n) is 17.9. The molecule has 1 atom stereocenters. The van der Waals surface area contributed by atoms with Gasteiger partial charge in [0, 0.05) is 27.8 Å². The van der Waals surface area contributed by atoms with Crippen LogP contribution >= 0.6 is 7.29 Å². The minimum atomic E-state index is -3.49. The maximum Gasteiger partial charge on any atom is 0.336 e. The van der Waals surface area contributed by atoms with Crippen molar-refractivity contribution in [2.45, 2.75) is 18.9 Å². The van der Waals surface area contributed by atoms with Gasteiger partial charge in [-0.15, -0.1) is 6.58 Å². The van der Waals surface area contributed by atoms with Crippen LogP contribution in [0.1, 0.15) is 18.1 Å². The lowest BCUT2D eigenvalue weighted by Gasteiger charge is -2.31. The molecule has 0 fully saturated rings. The minimum absolute atomic E-state index is 0.105. The zero-order valence-corrected chi connectivity index (χ0v) is 18.8. The molecular formula is C25H24NO5P. The summed E-state index contributed by atoms with van der Waals surface area (Å²) in [5.41, 5.74) is -0.630. The van der Waals surface area contributed by atoms with E-state index in [9.17, 15) is 14.5 Å². The third-order valence-electron chi connectivity index (χ3n) is 5.63. The number of fused-ring (bicyclic) bond motifs is 1. The fourth-order valence-corrected chi connectivity index (χ4v) is 6.65. The largest absolute Gasteiger partial charge is 0.504 e. The number of esters is 1. The third-order valence-corrected chi connectivity index (χ3v) is 8.44. The van der Waals surface area contributed by atoms with Crippen LogP contribution in [0.25, 0.3) is 0 Å². The second-order valence-electron chi connectivity index (χ2n) is 7.68. The normalized spacial score (nSPS) is 17.5. The quantitative estimate of drug-likeness (QED) is 0.247. The van der Waals surface area contributed by atoms with Gasteiger partial charge in [0.25, 0.3) is 0 Å². The first-order valence-electron chi connectivity index (χ1n) is 10.1. The van der Waals surface area contributed by atoms with Gasteiger partial charge >= 0.3 is 5.97 Å². The lowest BCUT2D eigenvalue weighted by atomic mass is 9.88. The first kappa shape index (κ1) is 21.9. The molecule has 32 heavy (non-hydrogen) atoms. The summed E-state index contributed by atoms with van der Waals surface area (Å²) in [6.45, 7) is 5.38. The van der Waals surface area contributed by atoms with Crippen molar-refractivity contribution < 1.29 is 23.9 Å². The number of carbonyl (C=O) groups excluding carboxylic acids is 1. The fourth-order valence-electron chi connectivity index (χ4n) is 4.08. The van der Waals surface area contributed by atoms with Crippen LogP contribution in [0.3, 0.4) is 0 Å². The molecule has 0 aliphatic carbocycles. The number of phenols is 1. The molecule has 1 aliphatic rings. The molecule has 0 saturated heterocycles. The number of hydrogen-bond acceptors (Lipinski definition) is 5. The van der Waals surface area contributed by atoms with E-state index in [0.717, 1.165) is 0 Å². The number of allylic oxidation sites excluding steroid dienone is 1. The van der Waals surface area contributed by atoms with Crippen molar-refractivity contribution in [2.24, 2.45) is 0 Å². The van der Waals surface area contributed by atoms with Crippen molar-refractivity contribution in [3.63, 3.8) is 0 Å². The molecule has 0 amide bonds. The second kappa shape index (κ2) is 8.30. The lowest BCUT2D eigenvalue weighted by Crippen LogP contribution is -2.47. The summed E-state index contributed by atoms with van der Waals surface area (Å²) in [6, 6.07) is 19.4. The molecule has 4 rings (SSSR count). The molecule has 3 aromatic rings. The highest BCUT2D eigenvalue weighted by atomic mass is 31.2. The molecule has 0 aromatic heterocycles. The SMILES string of the molecule is C=CCc1c(O)c(OC)cc2c1C(C)(NP(=O)(c1ccccc1)c1ccccc1)C(=O)O2. The van der Waals surface area contributed by atoms with Crippen LogP contribution in [0, 0.1) is 0 Å². The molecule has 0 radical (unpaired) electrons. The van der Waals surface area contributed by atoms with Crippen molar-refractivity contribution in [3.05, 3.63) is 90.5 Å². The Morgan fingerprint density at radius 1 is 1.12 bits per heavy atom. The molecule has 0 saturated carbocycles. The smallest absolute Gasteiger partial charge is 0.336 e. The summed E-state index contributed by atoms with van der Waals surface area (Å²) in [7, 11) is -2.07. The van der Waals surface area contributed by atoms with Crippen LogP contribution in [-0.4, -0.2) is 18.2 Å². The molecule has 1 unspecified atom stereocenters. The van der Waals surface area contributed by atoms with Crippen molar-refractivity contribution in [1.82, 2.24) is 5.09 Å². The van der Waals surface area contributed by atoms with Gasteiger partial charge in [-0.2, -0.15) is 0 Å². The minimum Gasteiger partial charge on any atom is -0.504 e. The van der Waals surface area contributed by atoms with E-state index in [1.807, 2.05) is 12.1 Å². The van der Waals surface area contributed by atoms with Gasteiger partial charge in [-0.25, -0.2) is 9.88 Å². The Kier molecular flexibility index (Phi) is 5.68. The highest BCUT2D eigenvalue weighted by molar-refractivity contribution is 7.77. The van der Waals surface area contributed by atoms with Gasteiger partial charge in [-0.1, -0.05) is 42.5 Å². The Hall–Kier alpha value is -3.34. The van der Waals surface area contributed by atoms with Crippen LogP contribution in [0.5, 0.6) is 17.2 Å². The first-order chi connectivity index (χ1) is 15.3. The van der Waals surface area contributed by atoms with Crippen LogP contribution in [0.15, 0.2) is 79.4 Å². The summed E-state index contributed by atoms with van der Waals surface area (Å²) in [5, 5.41) is 15.1. The van der Waals surface area contributed by atoms with Gasteiger partial charge < -0.3 is 14.6 Å². The van der Waals surface area contributed by atoms with E-state index in [-0.39, 0.29) is 23.7 Å². The molecule has 164 valence electrons. The summed E-state index contributed by atoms with van der Waals surface area (Å²) in [5.74, 6) is -0.277. The molecular weight excluding hydrogens is 425 g/mol. The molecule has 7 heteroatoms. The van der Waals surface area contributed by atoms with Gasteiger partial charge in [0.05, 0.1) is 7.11 Å². The fraction of sp³-hybridized carbons (Fsp3) is 0.160. The predicted octanol–water partition coefficient (Wildman–Crippen LogP) is 3.78. The number of aromatic hydroxyl groups is 1. The molecule has 2 N–H and O–H groups in total. The zero-order chi connectivity index (χ0) is 22.9.